The molecule has 0 aliphatic carbocycles. The lowest BCUT2D eigenvalue weighted by Crippen LogP contribution is -2.64. The van der Waals surface area contributed by atoms with Gasteiger partial charge in [-0.15, -0.1) is 13.2 Å². The third-order valence-corrected chi connectivity index (χ3v) is 8.07. The number of rotatable bonds is 7. The first-order chi connectivity index (χ1) is 21.4. The van der Waals surface area contributed by atoms with Crippen molar-refractivity contribution in [2.45, 2.75) is 38.0 Å². The van der Waals surface area contributed by atoms with Crippen LogP contribution in [-0.2, 0) is 13.1 Å². The summed E-state index contributed by atoms with van der Waals surface area (Å²) in [4.78, 5) is 19.9. The molecule has 1 N–H and O–H groups in total. The second-order valence-corrected chi connectivity index (χ2v) is 11.6. The average molecular weight is 627 g/mol. The molecule has 1 spiro atoms. The molecule has 7 nitrogen and oxygen atoms in total. The van der Waals surface area contributed by atoms with Crippen molar-refractivity contribution < 1.29 is 35.9 Å². The van der Waals surface area contributed by atoms with Crippen molar-refractivity contribution in [2.75, 3.05) is 37.4 Å². The van der Waals surface area contributed by atoms with Crippen LogP contribution < -0.4 is 15.0 Å². The summed E-state index contributed by atoms with van der Waals surface area (Å²) in [7, 11) is 3.89. The van der Waals surface area contributed by atoms with Crippen LogP contribution in [0, 0.1) is 11.6 Å². The highest BCUT2D eigenvalue weighted by Crippen LogP contribution is 2.43. The van der Waals surface area contributed by atoms with Crippen LogP contribution in [0.5, 0.6) is 5.75 Å². The summed E-state index contributed by atoms with van der Waals surface area (Å²) in [6.07, 6.45) is -3.95. The van der Waals surface area contributed by atoms with Gasteiger partial charge in [0.1, 0.15) is 22.9 Å². The Balaban J connectivity index is 1.31. The molecule has 0 saturated carbocycles. The highest BCUT2D eigenvalue weighted by atomic mass is 19.4. The fourth-order valence-electron chi connectivity index (χ4n) is 6.03. The van der Waals surface area contributed by atoms with Gasteiger partial charge in [-0.25, -0.2) is 8.78 Å². The normalized spacial score (nSPS) is 16.6. The summed E-state index contributed by atoms with van der Waals surface area (Å²) >= 11 is 0. The zero-order valence-corrected chi connectivity index (χ0v) is 24.6. The summed E-state index contributed by atoms with van der Waals surface area (Å²) in [6, 6.07) is 18.2. The van der Waals surface area contributed by atoms with E-state index in [1.165, 1.54) is 30.3 Å². The highest BCUT2D eigenvalue weighted by Gasteiger charge is 2.47. The number of nitrogens with zero attached hydrogens (tertiary/aromatic N) is 3. The smallest absolute Gasteiger partial charge is 0.460 e. The van der Waals surface area contributed by atoms with Crippen molar-refractivity contribution in [3.8, 4) is 17.1 Å². The third-order valence-electron chi connectivity index (χ3n) is 8.07. The number of benzene rings is 3. The van der Waals surface area contributed by atoms with Gasteiger partial charge in [0.25, 0.3) is 5.91 Å². The van der Waals surface area contributed by atoms with Crippen LogP contribution in [0.1, 0.15) is 34.5 Å². The topological polar surface area (TPSA) is 61.2 Å². The Morgan fingerprint density at radius 1 is 0.933 bits per heavy atom. The van der Waals surface area contributed by atoms with E-state index in [4.69, 9.17) is 4.42 Å². The van der Waals surface area contributed by atoms with Gasteiger partial charge in [-0.3, -0.25) is 14.6 Å². The summed E-state index contributed by atoms with van der Waals surface area (Å²) in [5, 5.41) is 3.60. The molecule has 2 aliphatic heterocycles. The Morgan fingerprint density at radius 2 is 1.67 bits per heavy atom. The number of hydrogen-bond acceptors (Lipinski definition) is 6. The Bertz CT molecular complexity index is 1700. The standard InChI is InChI=1S/C33H31F5N4O3/c1-40(2)20-25-9-12-30(44-25)22-4-10-26-29(18-22)39-32(13-15-41(16-14-32)19-21-3-11-27(34)28(35)17-21)42(31(26)43)23-5-7-24(8-6-23)45-33(36,37)38/h3-12,17-18,39H,13-16,19-20H2,1-2H3. The van der Waals surface area contributed by atoms with Crippen LogP contribution in [0.4, 0.5) is 33.3 Å². The van der Waals surface area contributed by atoms with Crippen LogP contribution >= 0.6 is 0 Å². The number of carbonyl (C=O) groups excluding carboxylic acids is 1. The number of hydrogen-bond donors (Lipinski definition) is 1. The third kappa shape index (κ3) is 6.52. The van der Waals surface area contributed by atoms with Gasteiger partial charge < -0.3 is 19.4 Å². The molecule has 236 valence electrons. The zero-order valence-electron chi connectivity index (χ0n) is 24.6. The van der Waals surface area contributed by atoms with Crippen molar-refractivity contribution >= 4 is 17.3 Å². The van der Waals surface area contributed by atoms with Gasteiger partial charge in [0, 0.05) is 49.4 Å². The summed E-state index contributed by atoms with van der Waals surface area (Å²) < 4.78 is 75.8. The predicted octanol–water partition coefficient (Wildman–Crippen LogP) is 7.25. The van der Waals surface area contributed by atoms with Crippen LogP contribution in [0.15, 0.2) is 77.2 Å². The molecule has 0 unspecified atom stereocenters. The number of alkyl halides is 3. The van der Waals surface area contributed by atoms with Crippen molar-refractivity contribution in [2.24, 2.45) is 0 Å². The lowest BCUT2D eigenvalue weighted by Gasteiger charge is -2.52. The van der Waals surface area contributed by atoms with E-state index in [0.29, 0.717) is 67.3 Å². The van der Waals surface area contributed by atoms with E-state index < -0.39 is 29.4 Å². The Morgan fingerprint density at radius 3 is 2.33 bits per heavy atom. The number of fused-ring (bicyclic) bond motifs is 1. The molecular formula is C33H31F5N4O3. The molecular weight excluding hydrogens is 595 g/mol. The van der Waals surface area contributed by atoms with Gasteiger partial charge in [0.2, 0.25) is 0 Å². The molecule has 1 aromatic heterocycles. The number of halogens is 5. The molecule has 45 heavy (non-hydrogen) atoms. The number of furan rings is 1. The minimum absolute atomic E-state index is 0.304. The minimum Gasteiger partial charge on any atom is -0.460 e. The van der Waals surface area contributed by atoms with E-state index in [9.17, 15) is 26.7 Å². The number of nitrogens with one attached hydrogen (secondary N) is 1. The average Bonchev–Trinajstić information content (AvgIpc) is 3.44. The molecule has 6 rings (SSSR count). The minimum atomic E-state index is -4.84. The summed E-state index contributed by atoms with van der Waals surface area (Å²) in [5.41, 5.74) is 1.92. The monoisotopic (exact) mass is 626 g/mol. The highest BCUT2D eigenvalue weighted by molar-refractivity contribution is 6.13. The number of anilines is 2. The molecule has 0 radical (unpaired) electrons. The number of carbonyl (C=O) groups is 1. The molecule has 1 amide bonds. The largest absolute Gasteiger partial charge is 0.573 e. The first-order valence-electron chi connectivity index (χ1n) is 14.4. The van der Waals surface area contributed by atoms with Crippen LogP contribution in [0.3, 0.4) is 0 Å². The fourth-order valence-corrected chi connectivity index (χ4v) is 6.03. The van der Waals surface area contributed by atoms with E-state index in [1.807, 2.05) is 37.2 Å². The number of likely N-dealkylation sites (tertiary alicyclic amines) is 1. The molecule has 0 bridgehead atoms. The molecule has 2 aliphatic rings. The zero-order chi connectivity index (χ0) is 31.9. The van der Waals surface area contributed by atoms with Crippen LogP contribution in [0.25, 0.3) is 11.3 Å². The van der Waals surface area contributed by atoms with Gasteiger partial charge in [0.05, 0.1) is 12.1 Å². The summed E-state index contributed by atoms with van der Waals surface area (Å²) in [5.74, 6) is -1.07. The second kappa shape index (κ2) is 11.8. The van der Waals surface area contributed by atoms with E-state index in [0.717, 1.165) is 17.4 Å². The van der Waals surface area contributed by atoms with Gasteiger partial charge >= 0.3 is 6.36 Å². The maximum Gasteiger partial charge on any atom is 0.573 e. The van der Waals surface area contributed by atoms with Crippen LogP contribution in [0.2, 0.25) is 0 Å². The predicted molar refractivity (Wildman–Crippen MR) is 159 cm³/mol. The van der Waals surface area contributed by atoms with Crippen LogP contribution in [-0.4, -0.2) is 54.9 Å². The lowest BCUT2D eigenvalue weighted by atomic mass is 9.88. The van der Waals surface area contributed by atoms with E-state index in [-0.39, 0.29) is 5.91 Å². The first kappa shape index (κ1) is 30.6. The van der Waals surface area contributed by atoms with Gasteiger partial charge in [-0.1, -0.05) is 12.1 Å². The lowest BCUT2D eigenvalue weighted by molar-refractivity contribution is -0.274. The second-order valence-electron chi connectivity index (χ2n) is 11.6. The molecule has 0 atom stereocenters. The van der Waals surface area contributed by atoms with Crippen molar-refractivity contribution in [1.82, 2.24) is 9.80 Å². The van der Waals surface area contributed by atoms with E-state index in [2.05, 4.69) is 15.0 Å². The maximum atomic E-state index is 14.2. The Hall–Kier alpha value is -4.42. The molecule has 4 aromatic rings. The van der Waals surface area contributed by atoms with Gasteiger partial charge in [0.15, 0.2) is 11.6 Å². The molecule has 1 saturated heterocycles. The van der Waals surface area contributed by atoms with Crippen molar-refractivity contribution in [1.29, 1.82) is 0 Å². The Kier molecular flexibility index (Phi) is 8.04. The van der Waals surface area contributed by atoms with Crippen molar-refractivity contribution in [3.63, 3.8) is 0 Å². The quantitative estimate of drug-likeness (QED) is 0.218. The maximum absolute atomic E-state index is 14.2. The SMILES string of the molecule is CN(C)Cc1ccc(-c2ccc3c(c2)NC2(CCN(Cc4ccc(F)c(F)c4)CC2)N(c2ccc(OC(F)(F)F)cc2)C3=O)o1. The van der Waals surface area contributed by atoms with Gasteiger partial charge in [-0.2, -0.15) is 0 Å². The van der Waals surface area contributed by atoms with Gasteiger partial charge in [-0.05, 0) is 80.3 Å². The summed E-state index contributed by atoms with van der Waals surface area (Å²) in [6.45, 7) is 2.03. The van der Waals surface area contributed by atoms with E-state index >= 15 is 0 Å². The molecule has 12 heteroatoms. The molecule has 3 heterocycles. The number of ether oxygens (including phenoxy) is 1. The van der Waals surface area contributed by atoms with Crippen molar-refractivity contribution in [3.05, 3.63) is 101 Å². The number of piperidine rings is 1. The van der Waals surface area contributed by atoms with E-state index in [1.54, 1.807) is 23.1 Å². The molecule has 1 fully saturated rings. The Labute approximate surface area is 256 Å². The fraction of sp³-hybridized carbons (Fsp3) is 0.303. The molecule has 3 aromatic carbocycles. The number of amides is 1. The first-order valence-corrected chi connectivity index (χ1v) is 14.4.